The number of para-hydroxylation sites is 2. The average Bonchev–Trinajstić information content (AvgIpc) is 3.48. The van der Waals surface area contributed by atoms with Crippen LogP contribution < -0.4 is 5.73 Å². The number of nitrogens with two attached hydrogens (primary N) is 1. The highest BCUT2D eigenvalue weighted by molar-refractivity contribution is 6.08. The van der Waals surface area contributed by atoms with E-state index in [2.05, 4.69) is 115 Å². The van der Waals surface area contributed by atoms with Crippen LogP contribution in [0.25, 0.3) is 43.6 Å². The van der Waals surface area contributed by atoms with Gasteiger partial charge in [0.05, 0.1) is 34.8 Å². The summed E-state index contributed by atoms with van der Waals surface area (Å²) >= 11 is 0. The lowest BCUT2D eigenvalue weighted by Crippen LogP contribution is -2.25. The Kier molecular flexibility index (Phi) is 9.29. The summed E-state index contributed by atoms with van der Waals surface area (Å²) in [6, 6.07) is 22.2. The first kappa shape index (κ1) is 30.3. The van der Waals surface area contributed by atoms with Gasteiger partial charge in [-0.2, -0.15) is 0 Å². The summed E-state index contributed by atoms with van der Waals surface area (Å²) in [6.07, 6.45) is 8.81. The van der Waals surface area contributed by atoms with Crippen molar-refractivity contribution in [3.63, 3.8) is 0 Å². The van der Waals surface area contributed by atoms with Crippen molar-refractivity contribution in [2.75, 3.05) is 13.1 Å². The molecule has 6 rings (SSSR count). The fraction of sp³-hybridized carbons (Fsp3) is 0.421. The maximum Gasteiger partial charge on any atom is 0.0678 e. The van der Waals surface area contributed by atoms with Crippen molar-refractivity contribution >= 4 is 43.6 Å². The molecule has 0 unspecified atom stereocenters. The van der Waals surface area contributed by atoms with E-state index in [1.165, 1.54) is 56.5 Å². The summed E-state index contributed by atoms with van der Waals surface area (Å²) in [7, 11) is 0. The van der Waals surface area contributed by atoms with E-state index in [-0.39, 0.29) is 0 Å². The molecule has 6 heteroatoms. The Hall–Kier alpha value is -3.74. The SMILES string of the molecule is CC(C)Cn1c2ccccc2c2cc(CN(CCCCCCN)Cc3cc4c5ccccc5n(CC(C)C)c4cn3)ncc21. The van der Waals surface area contributed by atoms with Crippen molar-refractivity contribution in [1.29, 1.82) is 0 Å². The van der Waals surface area contributed by atoms with Gasteiger partial charge in [-0.3, -0.25) is 14.9 Å². The van der Waals surface area contributed by atoms with Gasteiger partial charge in [-0.1, -0.05) is 76.9 Å². The molecule has 0 radical (unpaired) electrons. The zero-order valence-corrected chi connectivity index (χ0v) is 27.0. The van der Waals surface area contributed by atoms with Crippen molar-refractivity contribution < 1.29 is 0 Å². The van der Waals surface area contributed by atoms with Crippen LogP contribution in [0.5, 0.6) is 0 Å². The summed E-state index contributed by atoms with van der Waals surface area (Å²) in [5.41, 5.74) is 13.0. The third kappa shape index (κ3) is 6.38. The third-order valence-corrected chi connectivity index (χ3v) is 8.73. The first-order chi connectivity index (χ1) is 21.4. The van der Waals surface area contributed by atoms with Crippen LogP contribution in [0.15, 0.2) is 73.1 Å². The van der Waals surface area contributed by atoms with Gasteiger partial charge in [-0.05, 0) is 62.0 Å². The van der Waals surface area contributed by atoms with Gasteiger partial charge < -0.3 is 14.9 Å². The second-order valence-corrected chi connectivity index (χ2v) is 13.3. The fourth-order valence-corrected chi connectivity index (χ4v) is 6.78. The Bertz CT molecular complexity index is 1730. The molecule has 44 heavy (non-hydrogen) atoms. The molecule has 0 aliphatic rings. The minimum Gasteiger partial charge on any atom is -0.339 e. The molecule has 2 N–H and O–H groups in total. The average molecular weight is 589 g/mol. The van der Waals surface area contributed by atoms with Gasteiger partial charge in [0.25, 0.3) is 0 Å². The molecule has 0 saturated heterocycles. The Balaban J connectivity index is 1.32. The molecule has 0 saturated carbocycles. The lowest BCUT2D eigenvalue weighted by molar-refractivity contribution is 0.245. The van der Waals surface area contributed by atoms with E-state index in [1.54, 1.807) is 0 Å². The molecule has 0 aliphatic carbocycles. The first-order valence-electron chi connectivity index (χ1n) is 16.6. The summed E-state index contributed by atoms with van der Waals surface area (Å²) in [5, 5.41) is 5.22. The van der Waals surface area contributed by atoms with Gasteiger partial charge in [-0.15, -0.1) is 0 Å². The Morgan fingerprint density at radius 3 is 1.57 bits per heavy atom. The molecule has 4 heterocycles. The number of fused-ring (bicyclic) bond motifs is 6. The van der Waals surface area contributed by atoms with E-state index < -0.39 is 0 Å². The summed E-state index contributed by atoms with van der Waals surface area (Å²) in [5.74, 6) is 1.13. The largest absolute Gasteiger partial charge is 0.339 e. The zero-order chi connectivity index (χ0) is 30.6. The molecule has 4 aromatic heterocycles. The predicted octanol–water partition coefficient (Wildman–Crippen LogP) is 8.53. The van der Waals surface area contributed by atoms with E-state index in [1.807, 2.05) is 0 Å². The third-order valence-electron chi connectivity index (χ3n) is 8.73. The van der Waals surface area contributed by atoms with Crippen LogP contribution in [-0.2, 0) is 26.2 Å². The predicted molar refractivity (Wildman–Crippen MR) is 186 cm³/mol. The smallest absolute Gasteiger partial charge is 0.0678 e. The number of hydrogen-bond acceptors (Lipinski definition) is 4. The lowest BCUT2D eigenvalue weighted by Gasteiger charge is -2.22. The van der Waals surface area contributed by atoms with Crippen LogP contribution in [0.1, 0.15) is 64.8 Å². The second kappa shape index (κ2) is 13.5. The minimum atomic E-state index is 0.563. The summed E-state index contributed by atoms with van der Waals surface area (Å²) in [6.45, 7) is 14.5. The molecule has 6 nitrogen and oxygen atoms in total. The number of hydrogen-bond donors (Lipinski definition) is 1. The molecular formula is C38H48N6. The van der Waals surface area contributed by atoms with E-state index in [4.69, 9.17) is 15.7 Å². The van der Waals surface area contributed by atoms with E-state index >= 15 is 0 Å². The number of rotatable bonds is 14. The van der Waals surface area contributed by atoms with Gasteiger partial charge in [0.1, 0.15) is 0 Å². The van der Waals surface area contributed by atoms with Gasteiger partial charge >= 0.3 is 0 Å². The van der Waals surface area contributed by atoms with Gasteiger partial charge in [0, 0.05) is 58.8 Å². The Morgan fingerprint density at radius 2 is 1.09 bits per heavy atom. The molecule has 0 amide bonds. The van der Waals surface area contributed by atoms with Crippen molar-refractivity contribution in [3.05, 3.63) is 84.4 Å². The fourth-order valence-electron chi connectivity index (χ4n) is 6.78. The van der Waals surface area contributed by atoms with E-state index in [0.29, 0.717) is 11.8 Å². The highest BCUT2D eigenvalue weighted by Crippen LogP contribution is 2.32. The van der Waals surface area contributed by atoms with Crippen molar-refractivity contribution in [3.8, 4) is 0 Å². The second-order valence-electron chi connectivity index (χ2n) is 13.3. The first-order valence-corrected chi connectivity index (χ1v) is 16.6. The van der Waals surface area contributed by atoms with Crippen LogP contribution in [-0.4, -0.2) is 37.1 Å². The standard InChI is InChI=1S/C38H48N6/c1-27(2)23-43-35-15-9-7-13-31(35)33-19-29(40-21-37(33)43)25-42(18-12-6-5-11-17-39)26-30-20-34-32-14-8-10-16-36(32)44(24-28(3)4)38(34)22-41-30/h7-10,13-16,19-22,27-28H,5-6,11-12,17-18,23-26,39H2,1-4H3. The van der Waals surface area contributed by atoms with Crippen molar-refractivity contribution in [1.82, 2.24) is 24.0 Å². The van der Waals surface area contributed by atoms with Crippen LogP contribution in [0.2, 0.25) is 0 Å². The van der Waals surface area contributed by atoms with Crippen molar-refractivity contribution in [2.45, 2.75) is 79.6 Å². The quantitative estimate of drug-likeness (QED) is 0.130. The topological polar surface area (TPSA) is 64.9 Å². The van der Waals surface area contributed by atoms with Crippen LogP contribution >= 0.6 is 0 Å². The van der Waals surface area contributed by atoms with Gasteiger partial charge in [-0.25, -0.2) is 0 Å². The molecular weight excluding hydrogens is 540 g/mol. The molecule has 0 aliphatic heterocycles. The highest BCUT2D eigenvalue weighted by Gasteiger charge is 2.17. The number of unbranched alkanes of at least 4 members (excludes halogenated alkanes) is 3. The summed E-state index contributed by atoms with van der Waals surface area (Å²) in [4.78, 5) is 12.6. The molecule has 6 aromatic rings. The molecule has 2 aromatic carbocycles. The number of pyridine rings is 2. The van der Waals surface area contributed by atoms with E-state index in [0.717, 1.165) is 63.5 Å². The molecule has 0 fully saturated rings. The monoisotopic (exact) mass is 588 g/mol. The number of aromatic nitrogens is 4. The van der Waals surface area contributed by atoms with Crippen LogP contribution in [0.3, 0.4) is 0 Å². The van der Waals surface area contributed by atoms with Crippen LogP contribution in [0.4, 0.5) is 0 Å². The Labute approximate surface area is 261 Å². The Morgan fingerprint density at radius 1 is 0.614 bits per heavy atom. The van der Waals surface area contributed by atoms with Gasteiger partial charge in [0.2, 0.25) is 0 Å². The maximum atomic E-state index is 5.77. The number of nitrogens with zero attached hydrogens (tertiary/aromatic N) is 5. The molecule has 0 spiro atoms. The van der Waals surface area contributed by atoms with Crippen molar-refractivity contribution in [2.24, 2.45) is 17.6 Å². The van der Waals surface area contributed by atoms with E-state index in [9.17, 15) is 0 Å². The molecule has 0 bridgehead atoms. The molecule has 0 atom stereocenters. The zero-order valence-electron chi connectivity index (χ0n) is 27.0. The normalized spacial score (nSPS) is 12.4. The molecule has 230 valence electrons. The van der Waals surface area contributed by atoms with Gasteiger partial charge in [0.15, 0.2) is 0 Å². The lowest BCUT2D eigenvalue weighted by atomic mass is 10.1. The minimum absolute atomic E-state index is 0.563. The summed E-state index contributed by atoms with van der Waals surface area (Å²) < 4.78 is 4.88. The maximum absolute atomic E-state index is 5.77. The highest BCUT2D eigenvalue weighted by atomic mass is 15.1. The number of benzene rings is 2. The van der Waals surface area contributed by atoms with Crippen LogP contribution in [0, 0.1) is 11.8 Å².